The van der Waals surface area contributed by atoms with Crippen LogP contribution < -0.4 is 0 Å². The van der Waals surface area contributed by atoms with Gasteiger partial charge < -0.3 is 24.8 Å². The standard InChI is InChI=1S/C30H46O6/c1-24(2)12-11-22(35-24)28(7)29(34)15-14-27(6)17-8-9-19-25(3,4)20(31)10-13-26(19,5)18(17)16-21(32)30(27,29)23(33)36-28/h16-17,19-22,31-32,34H,8-15H2,1-7H3. The number of rotatable bonds is 1. The second-order valence-corrected chi connectivity index (χ2v) is 15.0. The third-order valence-electron chi connectivity index (χ3n) is 12.9. The Morgan fingerprint density at radius 3 is 2.22 bits per heavy atom. The van der Waals surface area contributed by atoms with Crippen LogP contribution >= 0.6 is 0 Å². The lowest BCUT2D eigenvalue weighted by atomic mass is 9.40. The molecule has 2 aliphatic heterocycles. The summed E-state index contributed by atoms with van der Waals surface area (Å²) < 4.78 is 12.6. The zero-order valence-electron chi connectivity index (χ0n) is 23.2. The molecule has 0 aromatic carbocycles. The van der Waals surface area contributed by atoms with E-state index in [1.54, 1.807) is 0 Å². The molecule has 5 fully saturated rings. The van der Waals surface area contributed by atoms with E-state index in [2.05, 4.69) is 27.7 Å². The van der Waals surface area contributed by atoms with Gasteiger partial charge in [0.1, 0.15) is 17.1 Å². The van der Waals surface area contributed by atoms with Gasteiger partial charge in [0.15, 0.2) is 5.60 Å². The number of esters is 1. The first-order chi connectivity index (χ1) is 16.5. The lowest BCUT2D eigenvalue weighted by Crippen LogP contribution is -2.69. The smallest absolute Gasteiger partial charge is 0.319 e. The van der Waals surface area contributed by atoms with E-state index in [0.717, 1.165) is 32.1 Å². The van der Waals surface area contributed by atoms with Crippen molar-refractivity contribution in [2.45, 2.75) is 135 Å². The average molecular weight is 503 g/mol. The summed E-state index contributed by atoms with van der Waals surface area (Å²) in [5, 5.41) is 35.5. The molecule has 2 saturated heterocycles. The van der Waals surface area contributed by atoms with Gasteiger partial charge in [0.2, 0.25) is 0 Å². The first-order valence-electron chi connectivity index (χ1n) is 14.2. The van der Waals surface area contributed by atoms with Crippen molar-refractivity contribution < 1.29 is 29.6 Å². The van der Waals surface area contributed by atoms with Crippen molar-refractivity contribution in [1.29, 1.82) is 0 Å². The molecule has 0 aromatic rings. The predicted molar refractivity (Wildman–Crippen MR) is 135 cm³/mol. The Hall–Kier alpha value is -0.950. The highest BCUT2D eigenvalue weighted by molar-refractivity contribution is 5.86. The summed E-state index contributed by atoms with van der Waals surface area (Å²) in [5.41, 5.74) is -4.22. The molecule has 6 nitrogen and oxygen atoms in total. The summed E-state index contributed by atoms with van der Waals surface area (Å²) in [6.07, 6.45) is 6.15. The highest BCUT2D eigenvalue weighted by Gasteiger charge is 2.87. The van der Waals surface area contributed by atoms with E-state index in [1.807, 2.05) is 26.8 Å². The molecule has 0 radical (unpaired) electrons. The van der Waals surface area contributed by atoms with Crippen molar-refractivity contribution in [2.24, 2.45) is 33.5 Å². The van der Waals surface area contributed by atoms with Gasteiger partial charge in [-0.3, -0.25) is 4.79 Å². The molecule has 0 amide bonds. The number of fused-ring (bicyclic) bond motifs is 4. The Morgan fingerprint density at radius 1 is 0.889 bits per heavy atom. The van der Waals surface area contributed by atoms with Crippen molar-refractivity contribution in [3.8, 4) is 0 Å². The monoisotopic (exact) mass is 502 g/mol. The lowest BCUT2D eigenvalue weighted by molar-refractivity contribution is -0.214. The van der Waals surface area contributed by atoms with Gasteiger partial charge in [0.25, 0.3) is 0 Å². The van der Waals surface area contributed by atoms with Gasteiger partial charge in [-0.2, -0.15) is 0 Å². The Kier molecular flexibility index (Phi) is 4.90. The van der Waals surface area contributed by atoms with Gasteiger partial charge >= 0.3 is 5.97 Å². The minimum absolute atomic E-state index is 0.0815. The Balaban J connectivity index is 1.48. The fourth-order valence-electron chi connectivity index (χ4n) is 10.8. The zero-order chi connectivity index (χ0) is 26.3. The maximum absolute atomic E-state index is 14.1. The van der Waals surface area contributed by atoms with E-state index >= 15 is 0 Å². The summed E-state index contributed by atoms with van der Waals surface area (Å²) in [6, 6.07) is 0. The molecule has 2 heterocycles. The minimum Gasteiger partial charge on any atom is -0.453 e. The summed E-state index contributed by atoms with van der Waals surface area (Å²) in [6.45, 7) is 14.7. The third-order valence-corrected chi connectivity index (χ3v) is 12.9. The molecule has 6 aliphatic rings. The van der Waals surface area contributed by atoms with Crippen LogP contribution in [0.5, 0.6) is 0 Å². The number of ether oxygens (including phenoxy) is 2. The van der Waals surface area contributed by atoms with Crippen LogP contribution in [-0.2, 0) is 14.3 Å². The molecule has 3 N–H and O–H groups in total. The summed E-state index contributed by atoms with van der Waals surface area (Å²) in [7, 11) is 0. The number of carbonyl (C=O) groups excluding carboxylic acids is 1. The first-order valence-corrected chi connectivity index (χ1v) is 14.2. The minimum atomic E-state index is -1.52. The number of aliphatic hydroxyl groups excluding tert-OH is 2. The van der Waals surface area contributed by atoms with Gasteiger partial charge in [0.05, 0.1) is 17.8 Å². The van der Waals surface area contributed by atoms with E-state index in [-0.39, 0.29) is 28.5 Å². The molecule has 4 aliphatic carbocycles. The SMILES string of the molecule is CC1(C)CCC(C2(C)OC(=O)C34C(O)C=C5C(CCC6C5(C)CCC(O)C6(C)C)C3(C)CCC24O)O1. The van der Waals surface area contributed by atoms with Crippen molar-refractivity contribution in [3.05, 3.63) is 11.6 Å². The van der Waals surface area contributed by atoms with Gasteiger partial charge in [-0.15, -0.1) is 0 Å². The van der Waals surface area contributed by atoms with Crippen LogP contribution in [0.15, 0.2) is 11.6 Å². The topological polar surface area (TPSA) is 96.2 Å². The van der Waals surface area contributed by atoms with Crippen molar-refractivity contribution in [3.63, 3.8) is 0 Å². The summed E-state index contributed by atoms with van der Waals surface area (Å²) >= 11 is 0. The fraction of sp³-hybridized carbons (Fsp3) is 0.900. The number of hydrogen-bond acceptors (Lipinski definition) is 6. The van der Waals surface area contributed by atoms with Crippen LogP contribution in [0.3, 0.4) is 0 Å². The average Bonchev–Trinajstić information content (AvgIpc) is 3.34. The van der Waals surface area contributed by atoms with E-state index in [4.69, 9.17) is 9.47 Å². The molecule has 10 atom stereocenters. The van der Waals surface area contributed by atoms with Crippen molar-refractivity contribution >= 4 is 5.97 Å². The second kappa shape index (κ2) is 6.97. The zero-order valence-corrected chi connectivity index (χ0v) is 23.2. The van der Waals surface area contributed by atoms with Crippen molar-refractivity contribution in [2.75, 3.05) is 0 Å². The van der Waals surface area contributed by atoms with E-state index < -0.39 is 40.2 Å². The highest BCUT2D eigenvalue weighted by Crippen LogP contribution is 2.77. The summed E-state index contributed by atoms with van der Waals surface area (Å²) in [5.74, 6) is -0.0790. The van der Waals surface area contributed by atoms with E-state index in [9.17, 15) is 20.1 Å². The Labute approximate surface area is 215 Å². The molecule has 6 heteroatoms. The molecule has 10 unspecified atom stereocenters. The number of cyclic esters (lactones) is 1. The molecule has 202 valence electrons. The molecule has 0 aromatic heterocycles. The molecule has 0 bridgehead atoms. The van der Waals surface area contributed by atoms with Gasteiger partial charge in [-0.25, -0.2) is 0 Å². The predicted octanol–water partition coefficient (Wildman–Crippen LogP) is 4.29. The maximum Gasteiger partial charge on any atom is 0.319 e. The Bertz CT molecular complexity index is 1030. The first kappa shape index (κ1) is 25.3. The normalized spacial score (nSPS) is 56.8. The van der Waals surface area contributed by atoms with Crippen LogP contribution in [0.4, 0.5) is 0 Å². The molecular weight excluding hydrogens is 456 g/mol. The molecule has 1 spiro atoms. The van der Waals surface area contributed by atoms with Crippen LogP contribution in [0.1, 0.15) is 99.8 Å². The maximum atomic E-state index is 14.1. The second-order valence-electron chi connectivity index (χ2n) is 15.0. The molecule has 3 saturated carbocycles. The molecule has 6 rings (SSSR count). The van der Waals surface area contributed by atoms with Crippen LogP contribution in [0.25, 0.3) is 0 Å². The number of allylic oxidation sites excluding steroid dienone is 1. The largest absolute Gasteiger partial charge is 0.453 e. The molecule has 36 heavy (non-hydrogen) atoms. The highest BCUT2D eigenvalue weighted by atomic mass is 16.6. The van der Waals surface area contributed by atoms with Crippen molar-refractivity contribution in [1.82, 2.24) is 0 Å². The fourth-order valence-corrected chi connectivity index (χ4v) is 10.8. The van der Waals surface area contributed by atoms with Gasteiger partial charge in [-0.05, 0) is 100 Å². The molecular formula is C30H46O6. The Morgan fingerprint density at radius 2 is 1.58 bits per heavy atom. The van der Waals surface area contributed by atoms with Gasteiger partial charge in [0, 0.05) is 0 Å². The number of carbonyl (C=O) groups is 1. The quantitative estimate of drug-likeness (QED) is 0.366. The number of hydrogen-bond donors (Lipinski definition) is 3. The third kappa shape index (κ3) is 2.52. The van der Waals surface area contributed by atoms with Crippen LogP contribution in [0, 0.1) is 33.5 Å². The summed E-state index contributed by atoms with van der Waals surface area (Å²) in [4.78, 5) is 14.1. The van der Waals surface area contributed by atoms with E-state index in [0.29, 0.717) is 25.2 Å². The van der Waals surface area contributed by atoms with Crippen LogP contribution in [0.2, 0.25) is 0 Å². The van der Waals surface area contributed by atoms with E-state index in [1.165, 1.54) is 5.57 Å². The van der Waals surface area contributed by atoms with Crippen LogP contribution in [-0.4, -0.2) is 56.4 Å². The lowest BCUT2D eigenvalue weighted by Gasteiger charge is -2.64. The van der Waals surface area contributed by atoms with Gasteiger partial charge in [-0.1, -0.05) is 39.3 Å². The number of aliphatic hydroxyl groups is 3.